The number of hydrogen-bond donors (Lipinski definition) is 0. The lowest BCUT2D eigenvalue weighted by Gasteiger charge is -2.09. The molecule has 0 fully saturated rings. The first kappa shape index (κ1) is 15.8. The van der Waals surface area contributed by atoms with Crippen molar-refractivity contribution in [3.8, 4) is 5.75 Å². The molecular formula is C13H16O7. The van der Waals surface area contributed by atoms with Crippen LogP contribution < -0.4 is 4.74 Å². The summed E-state index contributed by atoms with van der Waals surface area (Å²) >= 11 is 0. The summed E-state index contributed by atoms with van der Waals surface area (Å²) in [6.45, 7) is 5.49. The van der Waals surface area contributed by atoms with Crippen molar-refractivity contribution in [3.05, 3.63) is 29.8 Å². The van der Waals surface area contributed by atoms with Crippen molar-refractivity contribution >= 4 is 12.1 Å². The Bertz CT molecular complexity index is 439. The third-order valence-electron chi connectivity index (χ3n) is 1.94. The normalized spacial score (nSPS) is 10.0. The van der Waals surface area contributed by atoms with Gasteiger partial charge < -0.3 is 9.47 Å². The largest absolute Gasteiger partial charge is 0.543 e. The van der Waals surface area contributed by atoms with E-state index >= 15 is 0 Å². The Labute approximate surface area is 116 Å². The fourth-order valence-corrected chi connectivity index (χ4v) is 1.21. The van der Waals surface area contributed by atoms with Gasteiger partial charge in [0.2, 0.25) is 0 Å². The highest BCUT2D eigenvalue weighted by Gasteiger charge is 2.12. The topological polar surface area (TPSA) is 80.3 Å². The highest BCUT2D eigenvalue weighted by molar-refractivity contribution is 5.89. The van der Waals surface area contributed by atoms with Crippen LogP contribution in [0.4, 0.5) is 4.79 Å². The molecule has 110 valence electrons. The van der Waals surface area contributed by atoms with Gasteiger partial charge in [0.1, 0.15) is 5.75 Å². The number of carbonyl (C=O) groups excluding carboxylic acids is 2. The van der Waals surface area contributed by atoms with Crippen molar-refractivity contribution in [2.24, 2.45) is 0 Å². The van der Waals surface area contributed by atoms with Gasteiger partial charge in [-0.2, -0.15) is 0 Å². The summed E-state index contributed by atoms with van der Waals surface area (Å²) in [5.41, 5.74) is 0.216. The monoisotopic (exact) mass is 284 g/mol. The van der Waals surface area contributed by atoms with Gasteiger partial charge in [-0.05, 0) is 45.0 Å². The molecule has 0 aliphatic carbocycles. The number of rotatable bonds is 6. The molecule has 7 nitrogen and oxygen atoms in total. The maximum atomic E-state index is 11.5. The van der Waals surface area contributed by atoms with Gasteiger partial charge in [-0.3, -0.25) is 4.89 Å². The van der Waals surface area contributed by atoms with Crippen molar-refractivity contribution < 1.29 is 33.9 Å². The third-order valence-corrected chi connectivity index (χ3v) is 1.94. The van der Waals surface area contributed by atoms with Crippen LogP contribution in [0.1, 0.15) is 31.1 Å². The number of ether oxygens (including phenoxy) is 2. The molecule has 0 aliphatic rings. The van der Waals surface area contributed by atoms with E-state index in [2.05, 4.69) is 19.6 Å². The summed E-state index contributed by atoms with van der Waals surface area (Å²) < 4.78 is 9.81. The van der Waals surface area contributed by atoms with Gasteiger partial charge in [0, 0.05) is 0 Å². The van der Waals surface area contributed by atoms with E-state index in [4.69, 9.17) is 4.74 Å². The zero-order chi connectivity index (χ0) is 15.0. The number of benzene rings is 1. The Morgan fingerprint density at radius 2 is 1.75 bits per heavy atom. The first-order valence-corrected chi connectivity index (χ1v) is 6.02. The lowest BCUT2D eigenvalue weighted by atomic mass is 10.2. The van der Waals surface area contributed by atoms with Gasteiger partial charge in [0.15, 0.2) is 0 Å². The Morgan fingerprint density at radius 3 is 2.30 bits per heavy atom. The van der Waals surface area contributed by atoms with Gasteiger partial charge in [-0.25, -0.2) is 14.5 Å². The molecule has 1 aromatic rings. The molecule has 20 heavy (non-hydrogen) atoms. The Morgan fingerprint density at radius 1 is 1.10 bits per heavy atom. The van der Waals surface area contributed by atoms with Crippen LogP contribution in [-0.4, -0.2) is 24.8 Å². The smallest absolute Gasteiger partial charge is 0.491 e. The lowest BCUT2D eigenvalue weighted by molar-refractivity contribution is -0.452. The minimum atomic E-state index is -1.10. The predicted molar refractivity (Wildman–Crippen MR) is 66.8 cm³/mol. The summed E-state index contributed by atoms with van der Waals surface area (Å²) in [6.07, 6.45) is -1.06. The van der Waals surface area contributed by atoms with Crippen LogP contribution >= 0.6 is 0 Å². The van der Waals surface area contributed by atoms with E-state index in [9.17, 15) is 9.59 Å². The van der Waals surface area contributed by atoms with Crippen LogP contribution in [0.5, 0.6) is 5.75 Å². The molecule has 0 aliphatic heterocycles. The second-order valence-corrected chi connectivity index (χ2v) is 3.90. The Kier molecular flexibility index (Phi) is 6.31. The SMILES string of the molecule is CCOC(=O)OOOC(=O)c1ccc(OC(C)C)cc1. The standard InChI is InChI=1S/C13H16O7/c1-4-16-13(15)19-20-18-12(14)10-5-7-11(8-6-10)17-9(2)3/h5-9H,4H2,1-3H3. The molecule has 1 aromatic carbocycles. The highest BCUT2D eigenvalue weighted by Crippen LogP contribution is 2.14. The quantitative estimate of drug-likeness (QED) is 0.451. The minimum Gasteiger partial charge on any atom is -0.491 e. The molecule has 7 heteroatoms. The van der Waals surface area contributed by atoms with Gasteiger partial charge >= 0.3 is 12.1 Å². The fourth-order valence-electron chi connectivity index (χ4n) is 1.21. The Hall–Kier alpha value is -2.28. The van der Waals surface area contributed by atoms with Crippen molar-refractivity contribution in [3.63, 3.8) is 0 Å². The molecule has 0 N–H and O–H groups in total. The molecule has 0 saturated carbocycles. The van der Waals surface area contributed by atoms with Gasteiger partial charge in [0.05, 0.1) is 23.3 Å². The summed E-state index contributed by atoms with van der Waals surface area (Å²) in [5, 5.41) is 4.00. The molecule has 0 aromatic heterocycles. The van der Waals surface area contributed by atoms with E-state index in [1.54, 1.807) is 19.1 Å². The van der Waals surface area contributed by atoms with Crippen LogP contribution in [0.25, 0.3) is 0 Å². The molecule has 0 amide bonds. The molecule has 0 atom stereocenters. The van der Waals surface area contributed by atoms with E-state index in [1.807, 2.05) is 13.8 Å². The van der Waals surface area contributed by atoms with E-state index < -0.39 is 12.1 Å². The van der Waals surface area contributed by atoms with Crippen molar-refractivity contribution in [2.75, 3.05) is 6.61 Å². The Balaban J connectivity index is 2.41. The second-order valence-electron chi connectivity index (χ2n) is 3.90. The molecule has 0 heterocycles. The van der Waals surface area contributed by atoms with Gasteiger partial charge in [-0.15, -0.1) is 0 Å². The lowest BCUT2D eigenvalue weighted by Crippen LogP contribution is -2.12. The van der Waals surface area contributed by atoms with E-state index in [1.165, 1.54) is 12.1 Å². The number of carbonyl (C=O) groups is 2. The zero-order valence-corrected chi connectivity index (χ0v) is 11.5. The summed E-state index contributed by atoms with van der Waals surface area (Å²) in [7, 11) is 0. The molecule has 0 saturated heterocycles. The van der Waals surface area contributed by atoms with Crippen LogP contribution in [-0.2, 0) is 19.6 Å². The van der Waals surface area contributed by atoms with Gasteiger partial charge in [0.25, 0.3) is 0 Å². The average molecular weight is 284 g/mol. The van der Waals surface area contributed by atoms with Crippen LogP contribution in [0.3, 0.4) is 0 Å². The number of hydrogen-bond acceptors (Lipinski definition) is 7. The molecule has 0 bridgehead atoms. The van der Waals surface area contributed by atoms with Crippen LogP contribution in [0.15, 0.2) is 24.3 Å². The van der Waals surface area contributed by atoms with Crippen LogP contribution in [0, 0.1) is 0 Å². The van der Waals surface area contributed by atoms with Gasteiger partial charge in [-0.1, -0.05) is 0 Å². The molecular weight excluding hydrogens is 268 g/mol. The maximum Gasteiger partial charge on any atom is 0.543 e. The van der Waals surface area contributed by atoms with Crippen molar-refractivity contribution in [2.45, 2.75) is 26.9 Å². The second kappa shape index (κ2) is 8.00. The third kappa shape index (κ3) is 5.57. The summed E-state index contributed by atoms with van der Waals surface area (Å²) in [6, 6.07) is 6.22. The molecule has 1 rings (SSSR count). The zero-order valence-electron chi connectivity index (χ0n) is 11.5. The molecule has 0 unspecified atom stereocenters. The molecule has 0 spiro atoms. The minimum absolute atomic E-state index is 0.0362. The first-order valence-electron chi connectivity index (χ1n) is 6.02. The van der Waals surface area contributed by atoms with Crippen molar-refractivity contribution in [1.29, 1.82) is 0 Å². The highest BCUT2D eigenvalue weighted by atomic mass is 17.5. The van der Waals surface area contributed by atoms with Crippen molar-refractivity contribution in [1.82, 2.24) is 0 Å². The average Bonchev–Trinajstić information content (AvgIpc) is 2.39. The van der Waals surface area contributed by atoms with Crippen LogP contribution in [0.2, 0.25) is 0 Å². The van der Waals surface area contributed by atoms with E-state index in [-0.39, 0.29) is 18.3 Å². The summed E-state index contributed by atoms with van der Waals surface area (Å²) in [5.74, 6) is -0.189. The summed E-state index contributed by atoms with van der Waals surface area (Å²) in [4.78, 5) is 30.5. The van der Waals surface area contributed by atoms with E-state index in [0.29, 0.717) is 5.75 Å². The van der Waals surface area contributed by atoms with E-state index in [0.717, 1.165) is 0 Å². The molecule has 0 radical (unpaired) electrons. The predicted octanol–water partition coefficient (Wildman–Crippen LogP) is 2.65. The maximum absolute atomic E-state index is 11.5. The first-order chi connectivity index (χ1) is 9.52. The fraction of sp³-hybridized carbons (Fsp3) is 0.385.